The number of carboxylic acid groups (broad SMARTS) is 2. The van der Waals surface area contributed by atoms with E-state index in [4.69, 9.17) is 17.3 Å². The van der Waals surface area contributed by atoms with E-state index >= 15 is 0 Å². The first kappa shape index (κ1) is 26.2. The molecule has 2 aromatic rings. The van der Waals surface area contributed by atoms with Crippen LogP contribution in [-0.2, 0) is 20.9 Å². The van der Waals surface area contributed by atoms with Crippen LogP contribution in [0.3, 0.4) is 0 Å². The molecule has 1 amide bonds. The van der Waals surface area contributed by atoms with Crippen molar-refractivity contribution in [1.29, 1.82) is 0 Å². The van der Waals surface area contributed by atoms with Crippen LogP contribution in [0.25, 0.3) is 10.5 Å². The largest absolute Gasteiger partial charge is 0.480 e. The molecule has 0 saturated carbocycles. The first-order valence-electron chi connectivity index (χ1n) is 10.6. The molecular formula is C23H21N3O6S4. The van der Waals surface area contributed by atoms with E-state index in [0.29, 0.717) is 10.1 Å². The zero-order valence-electron chi connectivity index (χ0n) is 19.6. The van der Waals surface area contributed by atoms with Gasteiger partial charge in [-0.3, -0.25) is 28.6 Å². The Morgan fingerprint density at radius 3 is 2.33 bits per heavy atom. The minimum absolute atomic E-state index is 0.0387. The number of aromatic nitrogens is 1. The van der Waals surface area contributed by atoms with Crippen LogP contribution in [0.5, 0.6) is 0 Å². The number of aryl methyl sites for hydroxylation is 2. The summed E-state index contributed by atoms with van der Waals surface area (Å²) in [5, 5.41) is 19.4. The number of hydrogen-bond acceptors (Lipinski definition) is 9. The van der Waals surface area contributed by atoms with Crippen molar-refractivity contribution in [2.24, 2.45) is 0 Å². The molecule has 13 heteroatoms. The van der Waals surface area contributed by atoms with Crippen LogP contribution in [0.2, 0.25) is 0 Å². The van der Waals surface area contributed by atoms with E-state index in [1.54, 1.807) is 18.7 Å². The van der Waals surface area contributed by atoms with Gasteiger partial charge < -0.3 is 15.1 Å². The van der Waals surface area contributed by atoms with Crippen LogP contribution in [-0.4, -0.2) is 55.4 Å². The fraction of sp³-hybridized carbons (Fsp3) is 0.261. The number of benzene rings is 1. The molecule has 0 atom stereocenters. The van der Waals surface area contributed by atoms with Gasteiger partial charge in [0.1, 0.15) is 27.0 Å². The third kappa shape index (κ3) is 4.75. The summed E-state index contributed by atoms with van der Waals surface area (Å²) in [7, 11) is 1.94. The van der Waals surface area contributed by atoms with Crippen molar-refractivity contribution >= 4 is 85.4 Å². The molecule has 0 bridgehead atoms. The van der Waals surface area contributed by atoms with E-state index < -0.39 is 36.5 Å². The lowest BCUT2D eigenvalue weighted by Crippen LogP contribution is -2.37. The highest BCUT2D eigenvalue weighted by atomic mass is 32.2. The van der Waals surface area contributed by atoms with Crippen molar-refractivity contribution in [2.75, 3.05) is 18.5 Å². The maximum atomic E-state index is 13.3. The lowest BCUT2D eigenvalue weighted by Gasteiger charge is -2.14. The topological polar surface area (TPSA) is 120 Å². The average Bonchev–Trinajstić information content (AvgIpc) is 3.36. The SMILES string of the molecule is C/C(C=C1Sc2cc(C)c(C)cc2N1C)=c1\s/c(=C2/SC(=S)N(CC(=O)O)C2=O)n(CC(=O)O)c1=O. The van der Waals surface area contributed by atoms with Crippen molar-refractivity contribution in [2.45, 2.75) is 32.2 Å². The summed E-state index contributed by atoms with van der Waals surface area (Å²) in [6, 6.07) is 4.23. The van der Waals surface area contributed by atoms with E-state index in [-0.39, 0.29) is 13.9 Å². The molecule has 0 spiro atoms. The minimum Gasteiger partial charge on any atom is -0.480 e. The maximum absolute atomic E-state index is 13.3. The third-order valence-corrected chi connectivity index (χ3v) is 9.73. The van der Waals surface area contributed by atoms with Crippen LogP contribution in [0.1, 0.15) is 18.1 Å². The Bertz CT molecular complexity index is 1570. The number of anilines is 1. The van der Waals surface area contributed by atoms with Crippen molar-refractivity contribution in [3.05, 3.63) is 53.9 Å². The molecule has 1 aromatic heterocycles. The molecular weight excluding hydrogens is 543 g/mol. The number of carbonyl (C=O) groups is 3. The van der Waals surface area contributed by atoms with Gasteiger partial charge in [0.15, 0.2) is 0 Å². The molecule has 9 nitrogen and oxygen atoms in total. The van der Waals surface area contributed by atoms with E-state index in [2.05, 4.69) is 26.0 Å². The molecule has 4 rings (SSSR count). The molecule has 0 aliphatic carbocycles. The molecule has 0 unspecified atom stereocenters. The number of rotatable bonds is 5. The van der Waals surface area contributed by atoms with Gasteiger partial charge >= 0.3 is 11.9 Å². The number of thioether (sulfide) groups is 2. The number of hydrogen-bond donors (Lipinski definition) is 2. The van der Waals surface area contributed by atoms with Gasteiger partial charge in [0.2, 0.25) is 0 Å². The average molecular weight is 564 g/mol. The predicted molar refractivity (Wildman–Crippen MR) is 146 cm³/mol. The first-order valence-corrected chi connectivity index (χ1v) is 13.4. The van der Waals surface area contributed by atoms with Crippen molar-refractivity contribution in [1.82, 2.24) is 9.47 Å². The van der Waals surface area contributed by atoms with Gasteiger partial charge in [0.05, 0.1) is 15.2 Å². The number of nitrogens with zero attached hydrogens (tertiary/aromatic N) is 3. The number of carbonyl (C=O) groups excluding carboxylic acids is 1. The molecule has 2 aliphatic rings. The molecule has 3 heterocycles. The van der Waals surface area contributed by atoms with E-state index in [1.807, 2.05) is 18.0 Å². The number of thiocarbonyl (C=S) groups is 1. The Balaban J connectivity index is 1.87. The molecule has 2 aliphatic heterocycles. The fourth-order valence-electron chi connectivity index (χ4n) is 3.70. The Morgan fingerprint density at radius 2 is 1.69 bits per heavy atom. The van der Waals surface area contributed by atoms with Gasteiger partial charge in [-0.15, -0.1) is 11.3 Å². The Labute approximate surface area is 223 Å². The minimum atomic E-state index is -1.24. The third-order valence-electron chi connectivity index (χ3n) is 5.69. The zero-order chi connectivity index (χ0) is 26.5. The summed E-state index contributed by atoms with van der Waals surface area (Å²) >= 11 is 8.59. The van der Waals surface area contributed by atoms with E-state index in [1.165, 1.54) is 11.1 Å². The van der Waals surface area contributed by atoms with Gasteiger partial charge in [-0.25, -0.2) is 0 Å². The van der Waals surface area contributed by atoms with Gasteiger partial charge in [0, 0.05) is 11.9 Å². The van der Waals surface area contributed by atoms with E-state index in [0.717, 1.165) is 48.2 Å². The summed E-state index contributed by atoms with van der Waals surface area (Å²) in [5.41, 5.74) is 3.50. The summed E-state index contributed by atoms with van der Waals surface area (Å²) in [5.74, 6) is -3.14. The first-order chi connectivity index (χ1) is 16.9. The quantitative estimate of drug-likeness (QED) is 0.522. The number of carboxylic acids is 2. The molecule has 2 N–H and O–H groups in total. The fourth-order valence-corrected chi connectivity index (χ4v) is 7.46. The molecule has 0 radical (unpaired) electrons. The monoisotopic (exact) mass is 563 g/mol. The van der Waals surface area contributed by atoms with Crippen LogP contribution >= 0.6 is 47.1 Å². The van der Waals surface area contributed by atoms with Crippen LogP contribution < -0.4 is 19.7 Å². The lowest BCUT2D eigenvalue weighted by atomic mass is 10.1. The lowest BCUT2D eigenvalue weighted by molar-refractivity contribution is -0.140. The zero-order valence-corrected chi connectivity index (χ0v) is 22.9. The van der Waals surface area contributed by atoms with Crippen molar-refractivity contribution in [3.8, 4) is 0 Å². The highest BCUT2D eigenvalue weighted by Crippen LogP contribution is 2.46. The summed E-state index contributed by atoms with van der Waals surface area (Å²) in [4.78, 5) is 53.0. The number of thiazole rings is 1. The number of allylic oxidation sites excluding steroid dienone is 1. The highest BCUT2D eigenvalue weighted by Gasteiger charge is 2.35. The Hall–Kier alpha value is -2.87. The van der Waals surface area contributed by atoms with Crippen LogP contribution in [0.4, 0.5) is 5.69 Å². The summed E-state index contributed by atoms with van der Waals surface area (Å²) in [6.07, 6.45) is 1.87. The number of fused-ring (bicyclic) bond motifs is 1. The van der Waals surface area contributed by atoms with Gasteiger partial charge in [0.25, 0.3) is 11.5 Å². The van der Waals surface area contributed by atoms with Crippen molar-refractivity contribution < 1.29 is 24.6 Å². The maximum Gasteiger partial charge on any atom is 0.323 e. The van der Waals surface area contributed by atoms with E-state index in [9.17, 15) is 24.3 Å². The second-order valence-electron chi connectivity index (χ2n) is 8.23. The number of aliphatic carboxylic acids is 2. The summed E-state index contributed by atoms with van der Waals surface area (Å²) in [6.45, 7) is 4.61. The summed E-state index contributed by atoms with van der Waals surface area (Å²) < 4.78 is 1.50. The van der Waals surface area contributed by atoms with Gasteiger partial charge in [-0.2, -0.15) is 0 Å². The second kappa shape index (κ2) is 9.88. The Morgan fingerprint density at radius 1 is 1.06 bits per heavy atom. The van der Waals surface area contributed by atoms with Crippen LogP contribution in [0.15, 0.2) is 32.9 Å². The smallest absolute Gasteiger partial charge is 0.323 e. The molecule has 36 heavy (non-hydrogen) atoms. The van der Waals surface area contributed by atoms with Gasteiger partial charge in [-0.05, 0) is 55.7 Å². The highest BCUT2D eigenvalue weighted by molar-refractivity contribution is 8.30. The molecule has 1 fully saturated rings. The van der Waals surface area contributed by atoms with Crippen molar-refractivity contribution in [3.63, 3.8) is 0 Å². The Kier molecular flexibility index (Phi) is 7.19. The van der Waals surface area contributed by atoms with Crippen LogP contribution in [0, 0.1) is 13.8 Å². The van der Waals surface area contributed by atoms with Gasteiger partial charge in [-0.1, -0.05) is 35.7 Å². The number of amides is 1. The normalized spacial score (nSPS) is 18.8. The second-order valence-corrected chi connectivity index (χ2v) is 11.9. The molecule has 1 aromatic carbocycles. The standard InChI is InChI=1S/C23H21N3O6S4/c1-10-5-13-14(6-11(10)2)34-15(24(13)4)7-12(3)18-20(31)25(8-16(27)28)22(35-18)19-21(32)26(9-17(29)30)23(33)36-19/h5-7H,8-9H2,1-4H3,(H,27,28)(H,29,30)/b15-7?,18-12+,22-19+. The molecule has 1 saturated heterocycles. The predicted octanol–water partition coefficient (Wildman–Crippen LogP) is 1.92. The molecule has 188 valence electrons.